The highest BCUT2D eigenvalue weighted by atomic mass is 79.9. The van der Waals surface area contributed by atoms with Crippen LogP contribution in [0.1, 0.15) is 0 Å². The van der Waals surface area contributed by atoms with Crippen LogP contribution in [0, 0.1) is 5.82 Å². The lowest BCUT2D eigenvalue weighted by Gasteiger charge is -2.09. The minimum Gasteiger partial charge on any atom is -0.457 e. The second kappa shape index (κ2) is 8.46. The maximum Gasteiger partial charge on any atom is 0.261 e. The lowest BCUT2D eigenvalue weighted by Crippen LogP contribution is -2.27. The van der Waals surface area contributed by atoms with Gasteiger partial charge in [-0.2, -0.15) is 0 Å². The Balaban J connectivity index is 1.42. The molecule has 150 valence electrons. The highest BCUT2D eigenvalue weighted by Gasteiger charge is 2.09. The first-order chi connectivity index (χ1) is 14.5. The highest BCUT2D eigenvalue weighted by molar-refractivity contribution is 9.10. The molecule has 3 aromatic carbocycles. The van der Waals surface area contributed by atoms with Gasteiger partial charge in [0.25, 0.3) is 5.56 Å². The van der Waals surface area contributed by atoms with Crippen LogP contribution >= 0.6 is 15.9 Å². The smallest absolute Gasteiger partial charge is 0.261 e. The van der Waals surface area contributed by atoms with Crippen LogP contribution in [0.25, 0.3) is 10.9 Å². The van der Waals surface area contributed by atoms with Crippen molar-refractivity contribution >= 4 is 38.4 Å². The molecule has 8 heteroatoms. The predicted molar refractivity (Wildman–Crippen MR) is 115 cm³/mol. The monoisotopic (exact) mass is 467 g/mol. The SMILES string of the molecule is O=C(Cn1cnc2cc(F)ccc2c1=O)Nc1ccc(Oc2ccc(Br)cc2)cc1. The molecule has 4 aromatic rings. The van der Waals surface area contributed by atoms with E-state index in [-0.39, 0.29) is 23.4 Å². The molecule has 0 saturated carbocycles. The van der Waals surface area contributed by atoms with E-state index in [9.17, 15) is 14.0 Å². The average Bonchev–Trinajstić information content (AvgIpc) is 2.73. The number of benzene rings is 3. The molecule has 0 aliphatic carbocycles. The molecular weight excluding hydrogens is 453 g/mol. The van der Waals surface area contributed by atoms with Crippen molar-refractivity contribution in [2.45, 2.75) is 6.54 Å². The van der Waals surface area contributed by atoms with E-state index in [1.54, 1.807) is 24.3 Å². The van der Waals surface area contributed by atoms with Crippen molar-refractivity contribution < 1.29 is 13.9 Å². The molecule has 1 amide bonds. The maximum absolute atomic E-state index is 13.3. The molecule has 4 rings (SSSR count). The third-order valence-electron chi connectivity index (χ3n) is 4.29. The van der Waals surface area contributed by atoms with Gasteiger partial charge in [-0.1, -0.05) is 15.9 Å². The number of nitrogens with one attached hydrogen (secondary N) is 1. The highest BCUT2D eigenvalue weighted by Crippen LogP contribution is 2.24. The van der Waals surface area contributed by atoms with Crippen LogP contribution in [-0.2, 0) is 11.3 Å². The Labute approximate surface area is 179 Å². The van der Waals surface area contributed by atoms with E-state index in [1.807, 2.05) is 24.3 Å². The van der Waals surface area contributed by atoms with E-state index in [2.05, 4.69) is 26.2 Å². The molecule has 1 heterocycles. The Hall–Kier alpha value is -3.52. The zero-order valence-electron chi connectivity index (χ0n) is 15.5. The topological polar surface area (TPSA) is 73.2 Å². The number of carbonyl (C=O) groups is 1. The van der Waals surface area contributed by atoms with Crippen LogP contribution in [0.5, 0.6) is 11.5 Å². The zero-order valence-corrected chi connectivity index (χ0v) is 17.1. The lowest BCUT2D eigenvalue weighted by atomic mass is 10.2. The summed E-state index contributed by atoms with van der Waals surface area (Å²) in [6.07, 6.45) is 1.23. The summed E-state index contributed by atoms with van der Waals surface area (Å²) < 4.78 is 21.1. The maximum atomic E-state index is 13.3. The first kappa shape index (κ1) is 19.8. The first-order valence-corrected chi connectivity index (χ1v) is 9.75. The third-order valence-corrected chi connectivity index (χ3v) is 4.82. The molecule has 0 fully saturated rings. The van der Waals surface area contributed by atoms with Crippen molar-refractivity contribution in [1.82, 2.24) is 9.55 Å². The van der Waals surface area contributed by atoms with Crippen molar-refractivity contribution in [1.29, 1.82) is 0 Å². The summed E-state index contributed by atoms with van der Waals surface area (Å²) in [7, 11) is 0. The van der Waals surface area contributed by atoms with Gasteiger partial charge in [0.1, 0.15) is 23.9 Å². The number of aromatic nitrogens is 2. The van der Waals surface area contributed by atoms with Crippen LogP contribution in [-0.4, -0.2) is 15.5 Å². The summed E-state index contributed by atoms with van der Waals surface area (Å²) in [4.78, 5) is 28.8. The molecule has 0 bridgehead atoms. The van der Waals surface area contributed by atoms with Gasteiger partial charge < -0.3 is 10.1 Å². The Morgan fingerprint density at radius 1 is 1.03 bits per heavy atom. The van der Waals surface area contributed by atoms with E-state index < -0.39 is 11.4 Å². The number of ether oxygens (including phenoxy) is 1. The Morgan fingerprint density at radius 2 is 1.70 bits per heavy atom. The molecule has 1 N–H and O–H groups in total. The molecule has 0 aliphatic heterocycles. The van der Waals surface area contributed by atoms with Crippen LogP contribution in [0.3, 0.4) is 0 Å². The summed E-state index contributed by atoms with van der Waals surface area (Å²) in [5.74, 6) is 0.454. The number of halogens is 2. The van der Waals surface area contributed by atoms with E-state index >= 15 is 0 Å². The van der Waals surface area contributed by atoms with Crippen LogP contribution in [0.2, 0.25) is 0 Å². The van der Waals surface area contributed by atoms with Gasteiger partial charge >= 0.3 is 0 Å². The quantitative estimate of drug-likeness (QED) is 0.460. The van der Waals surface area contributed by atoms with Gasteiger partial charge in [0.2, 0.25) is 5.91 Å². The molecule has 0 unspecified atom stereocenters. The van der Waals surface area contributed by atoms with Crippen molar-refractivity contribution in [2.75, 3.05) is 5.32 Å². The number of amides is 1. The number of rotatable bonds is 5. The lowest BCUT2D eigenvalue weighted by molar-refractivity contribution is -0.116. The van der Waals surface area contributed by atoms with Gasteiger partial charge in [-0.05, 0) is 60.7 Å². The Morgan fingerprint density at radius 3 is 2.40 bits per heavy atom. The van der Waals surface area contributed by atoms with Crippen molar-refractivity contribution in [2.24, 2.45) is 0 Å². The van der Waals surface area contributed by atoms with E-state index in [0.29, 0.717) is 17.2 Å². The third kappa shape index (κ3) is 4.55. The minimum atomic E-state index is -0.475. The molecule has 1 aromatic heterocycles. The second-order valence-corrected chi connectivity index (χ2v) is 7.38. The minimum absolute atomic E-state index is 0.212. The summed E-state index contributed by atoms with van der Waals surface area (Å²) in [6.45, 7) is -0.212. The summed E-state index contributed by atoms with van der Waals surface area (Å²) in [6, 6.07) is 18.0. The van der Waals surface area contributed by atoms with E-state index in [4.69, 9.17) is 4.74 Å². The van der Waals surface area contributed by atoms with Gasteiger partial charge in [-0.3, -0.25) is 14.2 Å². The van der Waals surface area contributed by atoms with E-state index in [0.717, 1.165) is 4.47 Å². The summed E-state index contributed by atoms with van der Waals surface area (Å²) in [5.41, 5.74) is 0.401. The summed E-state index contributed by atoms with van der Waals surface area (Å²) >= 11 is 3.37. The number of hydrogen-bond acceptors (Lipinski definition) is 4. The van der Waals surface area contributed by atoms with Crippen molar-refractivity contribution in [3.63, 3.8) is 0 Å². The Kier molecular flexibility index (Phi) is 5.58. The molecule has 0 atom stereocenters. The fourth-order valence-electron chi connectivity index (χ4n) is 2.84. The average molecular weight is 468 g/mol. The first-order valence-electron chi connectivity index (χ1n) is 8.96. The van der Waals surface area contributed by atoms with Crippen molar-refractivity contribution in [3.8, 4) is 11.5 Å². The number of anilines is 1. The number of hydrogen-bond donors (Lipinski definition) is 1. The van der Waals surface area contributed by atoms with Gasteiger partial charge in [0.15, 0.2) is 0 Å². The number of nitrogens with zero attached hydrogens (tertiary/aromatic N) is 2. The van der Waals surface area contributed by atoms with Gasteiger partial charge in [0.05, 0.1) is 17.2 Å². The van der Waals surface area contributed by atoms with Crippen LogP contribution in [0.15, 0.2) is 82.3 Å². The fraction of sp³-hybridized carbons (Fsp3) is 0.0455. The van der Waals surface area contributed by atoms with Crippen molar-refractivity contribution in [3.05, 3.63) is 93.7 Å². The van der Waals surface area contributed by atoms with Gasteiger partial charge in [0, 0.05) is 16.2 Å². The molecule has 0 saturated heterocycles. The normalized spacial score (nSPS) is 10.7. The molecule has 0 spiro atoms. The van der Waals surface area contributed by atoms with E-state index in [1.165, 1.54) is 29.1 Å². The predicted octanol–water partition coefficient (Wildman–Crippen LogP) is 4.73. The van der Waals surface area contributed by atoms with Crippen LogP contribution < -0.4 is 15.6 Å². The molecule has 30 heavy (non-hydrogen) atoms. The standard InChI is InChI=1S/C22H15BrFN3O3/c23-14-1-6-17(7-2-14)30-18-8-4-16(5-9-18)26-21(28)12-27-13-25-20-11-15(24)3-10-19(20)22(27)29/h1-11,13H,12H2,(H,26,28). The fourth-order valence-corrected chi connectivity index (χ4v) is 3.11. The zero-order chi connectivity index (χ0) is 21.1. The van der Waals surface area contributed by atoms with Gasteiger partial charge in [-0.15, -0.1) is 0 Å². The van der Waals surface area contributed by atoms with Gasteiger partial charge in [-0.25, -0.2) is 9.37 Å². The van der Waals surface area contributed by atoms with Crippen LogP contribution in [0.4, 0.5) is 10.1 Å². The number of fused-ring (bicyclic) bond motifs is 1. The molecule has 0 radical (unpaired) electrons. The second-order valence-electron chi connectivity index (χ2n) is 6.47. The molecule has 0 aliphatic rings. The summed E-state index contributed by atoms with van der Waals surface area (Å²) in [5, 5.41) is 2.98. The molecular formula is C22H15BrFN3O3. The Bertz CT molecular complexity index is 1270. The number of carbonyl (C=O) groups excluding carboxylic acids is 1. The largest absolute Gasteiger partial charge is 0.457 e. The molecule has 6 nitrogen and oxygen atoms in total.